The molecule has 5 rings (SSSR count). The fourth-order valence-corrected chi connectivity index (χ4v) is 7.77. The standard InChI is InChI=1S/C25H33N3O3S/c1-15(24(30)28-9-11-31-12-10-28)18-6-7-25(3)13-19-21(16(2)20(25)22(18)29)27-23(32-19)17-5-4-8-26-14-17/h4-5,8,14-16,18,20,22,29H,6-7,9-13H2,1-3H3/t15-,16+,18+,20+,22-,25+/m0/s1. The smallest absolute Gasteiger partial charge is 0.225 e. The van der Waals surface area contributed by atoms with Crippen LogP contribution in [0, 0.1) is 23.2 Å². The molecule has 3 heterocycles. The van der Waals surface area contributed by atoms with Crippen LogP contribution in [0.15, 0.2) is 24.5 Å². The number of carbonyl (C=O) groups is 1. The lowest BCUT2D eigenvalue weighted by Gasteiger charge is -2.53. The molecule has 1 N–H and O–H groups in total. The largest absolute Gasteiger partial charge is 0.392 e. The van der Waals surface area contributed by atoms with E-state index in [1.807, 2.05) is 24.1 Å². The Morgan fingerprint density at radius 1 is 1.38 bits per heavy atom. The first kappa shape index (κ1) is 22.0. The summed E-state index contributed by atoms with van der Waals surface area (Å²) < 4.78 is 5.41. The van der Waals surface area contributed by atoms with E-state index in [9.17, 15) is 9.90 Å². The Morgan fingerprint density at radius 2 is 2.16 bits per heavy atom. The second kappa shape index (κ2) is 8.50. The van der Waals surface area contributed by atoms with Crippen molar-refractivity contribution in [1.29, 1.82) is 0 Å². The predicted octanol–water partition coefficient (Wildman–Crippen LogP) is 3.75. The fraction of sp³-hybridized carbons (Fsp3) is 0.640. The van der Waals surface area contributed by atoms with E-state index in [0.29, 0.717) is 26.3 Å². The summed E-state index contributed by atoms with van der Waals surface area (Å²) in [6, 6.07) is 4.00. The van der Waals surface area contributed by atoms with Gasteiger partial charge in [0, 0.05) is 47.8 Å². The Balaban J connectivity index is 1.40. The van der Waals surface area contributed by atoms with E-state index >= 15 is 0 Å². The molecule has 6 nitrogen and oxygen atoms in total. The van der Waals surface area contributed by atoms with Crippen molar-refractivity contribution in [1.82, 2.24) is 14.9 Å². The lowest BCUT2D eigenvalue weighted by Crippen LogP contribution is -2.54. The highest BCUT2D eigenvalue weighted by Gasteiger charge is 2.54. The first-order valence-corrected chi connectivity index (χ1v) is 12.7. The van der Waals surface area contributed by atoms with Crippen molar-refractivity contribution >= 4 is 17.2 Å². The summed E-state index contributed by atoms with van der Waals surface area (Å²) in [5.74, 6) is 0.246. The number of nitrogens with zero attached hydrogens (tertiary/aromatic N) is 3. The molecule has 3 aliphatic rings. The number of amides is 1. The number of fused-ring (bicyclic) bond motifs is 2. The second-order valence-electron chi connectivity index (χ2n) is 10.1. The van der Waals surface area contributed by atoms with E-state index in [2.05, 4.69) is 24.9 Å². The number of ether oxygens (including phenoxy) is 1. The summed E-state index contributed by atoms with van der Waals surface area (Å²) >= 11 is 1.77. The van der Waals surface area contributed by atoms with Crippen molar-refractivity contribution in [2.75, 3.05) is 26.3 Å². The van der Waals surface area contributed by atoms with Crippen LogP contribution in [0.3, 0.4) is 0 Å². The molecular formula is C25H33N3O3S. The van der Waals surface area contributed by atoms with Crippen molar-refractivity contribution < 1.29 is 14.6 Å². The van der Waals surface area contributed by atoms with Gasteiger partial charge in [-0.05, 0) is 48.6 Å². The third kappa shape index (κ3) is 3.68. The van der Waals surface area contributed by atoms with Gasteiger partial charge in [0.05, 0.1) is 25.0 Å². The second-order valence-corrected chi connectivity index (χ2v) is 11.2. The van der Waals surface area contributed by atoms with Gasteiger partial charge in [-0.2, -0.15) is 0 Å². The van der Waals surface area contributed by atoms with Gasteiger partial charge in [0.1, 0.15) is 5.01 Å². The van der Waals surface area contributed by atoms with E-state index in [0.717, 1.165) is 35.5 Å². The minimum atomic E-state index is -0.500. The number of carbonyl (C=O) groups excluding carboxylic acids is 1. The van der Waals surface area contributed by atoms with Crippen molar-refractivity contribution in [3.05, 3.63) is 35.1 Å². The number of pyridine rings is 1. The molecule has 2 aromatic heterocycles. The Morgan fingerprint density at radius 3 is 2.88 bits per heavy atom. The molecule has 172 valence electrons. The molecule has 1 saturated carbocycles. The van der Waals surface area contributed by atoms with Gasteiger partial charge in [-0.15, -0.1) is 11.3 Å². The van der Waals surface area contributed by atoms with Gasteiger partial charge in [-0.3, -0.25) is 9.78 Å². The molecule has 0 unspecified atom stereocenters. The number of hydrogen-bond acceptors (Lipinski definition) is 6. The van der Waals surface area contributed by atoms with Gasteiger partial charge in [-0.1, -0.05) is 20.8 Å². The molecular weight excluding hydrogens is 422 g/mol. The molecule has 0 spiro atoms. The van der Waals surface area contributed by atoms with Gasteiger partial charge in [0.2, 0.25) is 5.91 Å². The van der Waals surface area contributed by atoms with Crippen molar-refractivity contribution in [3.63, 3.8) is 0 Å². The highest BCUT2D eigenvalue weighted by molar-refractivity contribution is 7.15. The molecule has 7 heteroatoms. The molecule has 2 aliphatic carbocycles. The normalized spacial score (nSPS) is 33.3. The molecule has 1 amide bonds. The maximum absolute atomic E-state index is 13.2. The zero-order valence-corrected chi connectivity index (χ0v) is 20.0. The average Bonchev–Trinajstić information content (AvgIpc) is 3.23. The number of aliphatic hydroxyl groups is 1. The summed E-state index contributed by atoms with van der Waals surface area (Å²) in [6.07, 6.45) is 6.02. The van der Waals surface area contributed by atoms with Crippen molar-refractivity contribution in [2.24, 2.45) is 23.2 Å². The van der Waals surface area contributed by atoms with Crippen molar-refractivity contribution in [2.45, 2.75) is 52.1 Å². The van der Waals surface area contributed by atoms with E-state index < -0.39 is 6.10 Å². The summed E-state index contributed by atoms with van der Waals surface area (Å²) in [5, 5.41) is 12.7. The average molecular weight is 456 g/mol. The minimum absolute atomic E-state index is 0.0103. The number of morpholine rings is 1. The van der Waals surface area contributed by atoms with Crippen LogP contribution in [0.2, 0.25) is 0 Å². The highest BCUT2D eigenvalue weighted by Crippen LogP contribution is 2.57. The van der Waals surface area contributed by atoms with E-state index in [1.165, 1.54) is 4.88 Å². The molecule has 2 aromatic rings. The third-order valence-electron chi connectivity index (χ3n) is 8.19. The lowest BCUT2D eigenvalue weighted by atomic mass is 9.53. The van der Waals surface area contributed by atoms with Crippen LogP contribution in [0.25, 0.3) is 10.6 Å². The lowest BCUT2D eigenvalue weighted by molar-refractivity contribution is -0.148. The van der Waals surface area contributed by atoms with Crippen molar-refractivity contribution in [3.8, 4) is 10.6 Å². The van der Waals surface area contributed by atoms with Gasteiger partial charge >= 0.3 is 0 Å². The van der Waals surface area contributed by atoms with Crippen LogP contribution in [0.4, 0.5) is 0 Å². The molecule has 0 aromatic carbocycles. The monoisotopic (exact) mass is 455 g/mol. The maximum Gasteiger partial charge on any atom is 0.225 e. The van der Waals surface area contributed by atoms with Crippen LogP contribution < -0.4 is 0 Å². The first-order chi connectivity index (χ1) is 15.4. The summed E-state index contributed by atoms with van der Waals surface area (Å²) in [4.78, 5) is 25.7. The number of aromatic nitrogens is 2. The molecule has 32 heavy (non-hydrogen) atoms. The maximum atomic E-state index is 13.2. The third-order valence-corrected chi connectivity index (χ3v) is 9.31. The zero-order valence-electron chi connectivity index (χ0n) is 19.2. The Labute approximate surface area is 194 Å². The summed E-state index contributed by atoms with van der Waals surface area (Å²) in [6.45, 7) is 9.08. The fourth-order valence-electron chi connectivity index (χ4n) is 6.41. The van der Waals surface area contributed by atoms with Crippen LogP contribution in [-0.4, -0.2) is 58.3 Å². The quantitative estimate of drug-likeness (QED) is 0.763. The SMILES string of the molecule is C[C@H](C(=O)N1CCOCC1)[C@H]1CC[C@]2(C)Cc3sc(-c4cccnc4)nc3[C@H](C)[C@@H]2[C@H]1O. The predicted molar refractivity (Wildman–Crippen MR) is 124 cm³/mol. The van der Waals surface area contributed by atoms with Gasteiger partial charge in [-0.25, -0.2) is 4.98 Å². The topological polar surface area (TPSA) is 75.6 Å². The Kier molecular flexibility index (Phi) is 5.84. The number of rotatable bonds is 3. The number of aliphatic hydroxyl groups excluding tert-OH is 1. The van der Waals surface area contributed by atoms with Crippen LogP contribution in [0.5, 0.6) is 0 Å². The number of hydrogen-bond donors (Lipinski definition) is 1. The zero-order chi connectivity index (χ0) is 22.5. The van der Waals surface area contributed by atoms with Crippen LogP contribution in [0.1, 0.15) is 50.1 Å². The molecule has 2 fully saturated rings. The van der Waals surface area contributed by atoms with Crippen LogP contribution in [-0.2, 0) is 16.0 Å². The Bertz CT molecular complexity index is 974. The molecule has 0 radical (unpaired) electrons. The molecule has 6 atom stereocenters. The highest BCUT2D eigenvalue weighted by atomic mass is 32.1. The van der Waals surface area contributed by atoms with E-state index in [4.69, 9.17) is 9.72 Å². The van der Waals surface area contributed by atoms with Gasteiger partial charge < -0.3 is 14.7 Å². The summed E-state index contributed by atoms with van der Waals surface area (Å²) in [7, 11) is 0. The summed E-state index contributed by atoms with van der Waals surface area (Å²) in [5.41, 5.74) is 2.21. The molecule has 1 saturated heterocycles. The van der Waals surface area contributed by atoms with Gasteiger partial charge in [0.25, 0.3) is 0 Å². The molecule has 0 bridgehead atoms. The van der Waals surface area contributed by atoms with Crippen LogP contribution >= 0.6 is 11.3 Å². The number of thiazole rings is 1. The van der Waals surface area contributed by atoms with E-state index in [-0.39, 0.29) is 35.0 Å². The van der Waals surface area contributed by atoms with E-state index in [1.54, 1.807) is 17.5 Å². The minimum Gasteiger partial charge on any atom is -0.392 e. The van der Waals surface area contributed by atoms with Gasteiger partial charge in [0.15, 0.2) is 0 Å². The molecule has 1 aliphatic heterocycles. The first-order valence-electron chi connectivity index (χ1n) is 11.8. The Hall–Kier alpha value is -1.83.